The maximum Gasteiger partial charge on any atom is 0.335 e. The standard InChI is InChI=1S/C14H16O4/c1-4-5-11(14(16)17)9(2)10-6-7-12(15)13(8-10)18-3/h4-8,15H,1-3H3,(H,16,17). The number of carboxylic acids is 1. The lowest BCUT2D eigenvalue weighted by Gasteiger charge is -2.09. The van der Waals surface area contributed by atoms with Crippen molar-refractivity contribution in [3.63, 3.8) is 0 Å². The summed E-state index contributed by atoms with van der Waals surface area (Å²) in [5, 5.41) is 18.6. The number of aromatic hydroxyl groups is 1. The van der Waals surface area contributed by atoms with E-state index in [1.54, 1.807) is 32.1 Å². The molecule has 0 heterocycles. The van der Waals surface area contributed by atoms with Crippen molar-refractivity contribution in [1.29, 1.82) is 0 Å². The Bertz CT molecular complexity index is 513. The predicted octanol–water partition coefficient (Wildman–Crippen LogP) is 2.84. The summed E-state index contributed by atoms with van der Waals surface area (Å²) in [5.41, 5.74) is 1.52. The van der Waals surface area contributed by atoms with Gasteiger partial charge >= 0.3 is 5.97 Å². The van der Waals surface area contributed by atoms with Crippen LogP contribution in [-0.2, 0) is 4.79 Å². The van der Waals surface area contributed by atoms with Gasteiger partial charge in [-0.1, -0.05) is 18.2 Å². The van der Waals surface area contributed by atoms with Gasteiger partial charge in [-0.3, -0.25) is 0 Å². The molecule has 0 saturated heterocycles. The summed E-state index contributed by atoms with van der Waals surface area (Å²) in [5.74, 6) is -0.647. The summed E-state index contributed by atoms with van der Waals surface area (Å²) in [6.07, 6.45) is 3.21. The highest BCUT2D eigenvalue weighted by Crippen LogP contribution is 2.30. The minimum absolute atomic E-state index is 0.0250. The molecule has 0 saturated carbocycles. The van der Waals surface area contributed by atoms with Crippen LogP contribution in [0.25, 0.3) is 5.57 Å². The summed E-state index contributed by atoms with van der Waals surface area (Å²) >= 11 is 0. The van der Waals surface area contributed by atoms with Crippen molar-refractivity contribution < 1.29 is 19.7 Å². The summed E-state index contributed by atoms with van der Waals surface area (Å²) < 4.78 is 5.00. The number of methoxy groups -OCH3 is 1. The number of hydrogen-bond acceptors (Lipinski definition) is 3. The zero-order chi connectivity index (χ0) is 13.7. The van der Waals surface area contributed by atoms with Crippen molar-refractivity contribution in [2.24, 2.45) is 0 Å². The molecule has 1 aromatic rings. The highest BCUT2D eigenvalue weighted by molar-refractivity contribution is 5.99. The molecule has 4 heteroatoms. The van der Waals surface area contributed by atoms with E-state index in [9.17, 15) is 9.90 Å². The van der Waals surface area contributed by atoms with Crippen molar-refractivity contribution in [3.8, 4) is 11.5 Å². The van der Waals surface area contributed by atoms with Crippen LogP contribution in [0, 0.1) is 0 Å². The third-order valence-corrected chi connectivity index (χ3v) is 2.58. The average molecular weight is 248 g/mol. The van der Waals surface area contributed by atoms with Gasteiger partial charge in [-0.05, 0) is 37.1 Å². The van der Waals surface area contributed by atoms with Gasteiger partial charge in [-0.25, -0.2) is 4.79 Å². The highest BCUT2D eigenvalue weighted by atomic mass is 16.5. The van der Waals surface area contributed by atoms with E-state index < -0.39 is 5.97 Å². The summed E-state index contributed by atoms with van der Waals surface area (Å²) in [6, 6.07) is 4.74. The van der Waals surface area contributed by atoms with E-state index in [0.717, 1.165) is 0 Å². The van der Waals surface area contributed by atoms with Gasteiger partial charge in [-0.15, -0.1) is 0 Å². The topological polar surface area (TPSA) is 66.8 Å². The summed E-state index contributed by atoms with van der Waals surface area (Å²) in [4.78, 5) is 11.1. The lowest BCUT2D eigenvalue weighted by atomic mass is 10.0. The van der Waals surface area contributed by atoms with Gasteiger partial charge in [0, 0.05) is 0 Å². The molecule has 0 aliphatic carbocycles. The molecule has 1 rings (SSSR count). The van der Waals surface area contributed by atoms with E-state index in [-0.39, 0.29) is 11.3 Å². The molecule has 0 amide bonds. The molecule has 0 spiro atoms. The third kappa shape index (κ3) is 2.91. The average Bonchev–Trinajstić information content (AvgIpc) is 2.35. The van der Waals surface area contributed by atoms with Crippen LogP contribution < -0.4 is 4.74 Å². The Kier molecular flexibility index (Phi) is 4.54. The van der Waals surface area contributed by atoms with Gasteiger partial charge in [-0.2, -0.15) is 0 Å². The van der Waals surface area contributed by atoms with Gasteiger partial charge in [0.05, 0.1) is 12.7 Å². The minimum atomic E-state index is -0.988. The number of rotatable bonds is 4. The SMILES string of the molecule is CC=CC(C(=O)O)=C(C)c1ccc(O)c(OC)c1. The highest BCUT2D eigenvalue weighted by Gasteiger charge is 2.11. The molecule has 0 radical (unpaired) electrons. The Morgan fingerprint density at radius 2 is 2.06 bits per heavy atom. The van der Waals surface area contributed by atoms with Crippen molar-refractivity contribution in [2.75, 3.05) is 7.11 Å². The lowest BCUT2D eigenvalue weighted by molar-refractivity contribution is -0.132. The number of allylic oxidation sites excluding steroid dienone is 2. The molecule has 0 atom stereocenters. The molecule has 1 aromatic carbocycles. The number of aliphatic carboxylic acids is 1. The van der Waals surface area contributed by atoms with E-state index in [2.05, 4.69) is 0 Å². The Morgan fingerprint density at radius 1 is 1.39 bits per heavy atom. The van der Waals surface area contributed by atoms with Gasteiger partial charge < -0.3 is 14.9 Å². The van der Waals surface area contributed by atoms with Crippen molar-refractivity contribution in [2.45, 2.75) is 13.8 Å². The zero-order valence-corrected chi connectivity index (χ0v) is 10.6. The van der Waals surface area contributed by atoms with E-state index in [0.29, 0.717) is 16.9 Å². The molecule has 0 unspecified atom stereocenters. The van der Waals surface area contributed by atoms with Crippen molar-refractivity contribution >= 4 is 11.5 Å². The van der Waals surface area contributed by atoms with Gasteiger partial charge in [0.15, 0.2) is 11.5 Å². The molecule has 18 heavy (non-hydrogen) atoms. The first kappa shape index (κ1) is 13.8. The van der Waals surface area contributed by atoms with Crippen LogP contribution in [0.5, 0.6) is 11.5 Å². The van der Waals surface area contributed by atoms with Gasteiger partial charge in [0.1, 0.15) is 0 Å². The summed E-state index contributed by atoms with van der Waals surface area (Å²) in [6.45, 7) is 3.48. The first-order chi connectivity index (χ1) is 8.51. The van der Waals surface area contributed by atoms with Crippen LogP contribution in [0.15, 0.2) is 35.9 Å². The Hall–Kier alpha value is -2.23. The second kappa shape index (κ2) is 5.91. The normalized spacial score (nSPS) is 12.4. The first-order valence-corrected chi connectivity index (χ1v) is 5.45. The first-order valence-electron chi connectivity index (χ1n) is 5.45. The van der Waals surface area contributed by atoms with E-state index in [4.69, 9.17) is 9.84 Å². The maximum atomic E-state index is 11.1. The maximum absolute atomic E-state index is 11.1. The second-order valence-corrected chi connectivity index (χ2v) is 3.73. The molecule has 2 N–H and O–H groups in total. The van der Waals surface area contributed by atoms with Crippen molar-refractivity contribution in [1.82, 2.24) is 0 Å². The molecule has 0 aromatic heterocycles. The number of benzene rings is 1. The van der Waals surface area contributed by atoms with Crippen LogP contribution >= 0.6 is 0 Å². The minimum Gasteiger partial charge on any atom is -0.504 e. The fraction of sp³-hybridized carbons (Fsp3) is 0.214. The second-order valence-electron chi connectivity index (χ2n) is 3.73. The summed E-state index contributed by atoms with van der Waals surface area (Å²) in [7, 11) is 1.45. The molecule has 96 valence electrons. The van der Waals surface area contributed by atoms with Crippen LogP contribution in [0.1, 0.15) is 19.4 Å². The fourth-order valence-corrected chi connectivity index (χ4v) is 1.59. The van der Waals surface area contributed by atoms with E-state index in [1.165, 1.54) is 19.3 Å². The number of carboxylic acid groups (broad SMARTS) is 1. The molecular weight excluding hydrogens is 232 g/mol. The zero-order valence-electron chi connectivity index (χ0n) is 10.6. The molecule has 0 bridgehead atoms. The van der Waals surface area contributed by atoms with Gasteiger partial charge in [0.2, 0.25) is 0 Å². The fourth-order valence-electron chi connectivity index (χ4n) is 1.59. The number of phenols is 1. The largest absolute Gasteiger partial charge is 0.504 e. The number of hydrogen-bond donors (Lipinski definition) is 2. The smallest absolute Gasteiger partial charge is 0.335 e. The number of ether oxygens (including phenoxy) is 1. The Balaban J connectivity index is 3.35. The van der Waals surface area contributed by atoms with Crippen LogP contribution in [-0.4, -0.2) is 23.3 Å². The number of phenolic OH excluding ortho intramolecular Hbond substituents is 1. The molecule has 0 fully saturated rings. The molecule has 0 aliphatic heterocycles. The Morgan fingerprint density at radius 3 is 2.56 bits per heavy atom. The number of carbonyl (C=O) groups is 1. The third-order valence-electron chi connectivity index (χ3n) is 2.58. The van der Waals surface area contributed by atoms with E-state index in [1.807, 2.05) is 0 Å². The predicted molar refractivity (Wildman–Crippen MR) is 69.7 cm³/mol. The van der Waals surface area contributed by atoms with Crippen molar-refractivity contribution in [3.05, 3.63) is 41.5 Å². The molecular formula is C14H16O4. The van der Waals surface area contributed by atoms with Crippen LogP contribution in [0.4, 0.5) is 0 Å². The molecule has 4 nitrogen and oxygen atoms in total. The van der Waals surface area contributed by atoms with Crippen LogP contribution in [0.3, 0.4) is 0 Å². The quantitative estimate of drug-likeness (QED) is 0.635. The Labute approximate surface area is 106 Å². The van der Waals surface area contributed by atoms with E-state index >= 15 is 0 Å². The van der Waals surface area contributed by atoms with Gasteiger partial charge in [0.25, 0.3) is 0 Å². The lowest BCUT2D eigenvalue weighted by Crippen LogP contribution is -2.00. The molecule has 0 aliphatic rings. The monoisotopic (exact) mass is 248 g/mol. The van der Waals surface area contributed by atoms with Crippen LogP contribution in [0.2, 0.25) is 0 Å².